The van der Waals surface area contributed by atoms with Crippen LogP contribution in [-0.2, 0) is 4.79 Å². The number of aliphatic hydroxyl groups excluding tert-OH is 2. The highest BCUT2D eigenvalue weighted by Gasteiger charge is 2.18. The lowest BCUT2D eigenvalue weighted by Crippen LogP contribution is -2.45. The maximum absolute atomic E-state index is 12.3. The Morgan fingerprint density at radius 2 is 0.725 bits per heavy atom. The highest BCUT2D eigenvalue weighted by atomic mass is 16.3. The van der Waals surface area contributed by atoms with E-state index >= 15 is 0 Å². The molecule has 0 bridgehead atoms. The van der Waals surface area contributed by atoms with Crippen LogP contribution in [0, 0.1) is 0 Å². The number of hydrogen-bond donors (Lipinski definition) is 3. The molecule has 0 saturated carbocycles. The Morgan fingerprint density at radius 3 is 1.02 bits per heavy atom. The second-order valence-electron chi connectivity index (χ2n) is 16.2. The van der Waals surface area contributed by atoms with E-state index in [1.807, 2.05) is 6.08 Å². The molecule has 51 heavy (non-hydrogen) atoms. The molecule has 0 spiro atoms. The maximum Gasteiger partial charge on any atom is 0.220 e. The predicted octanol–water partition coefficient (Wildman–Crippen LogP) is 14.6. The Labute approximate surface area is 320 Å². The minimum atomic E-state index is -0.833. The zero-order valence-corrected chi connectivity index (χ0v) is 34.9. The molecule has 3 N–H and O–H groups in total. The third kappa shape index (κ3) is 40.2. The molecule has 0 aromatic rings. The van der Waals surface area contributed by atoms with Gasteiger partial charge < -0.3 is 15.5 Å². The van der Waals surface area contributed by atoms with Gasteiger partial charge in [-0.1, -0.05) is 251 Å². The van der Waals surface area contributed by atoms with Crippen LogP contribution in [0.25, 0.3) is 0 Å². The van der Waals surface area contributed by atoms with E-state index in [4.69, 9.17) is 0 Å². The number of carbonyl (C=O) groups excluding carboxylic acids is 1. The maximum atomic E-state index is 12.3. The monoisotopic (exact) mass is 720 g/mol. The number of unbranched alkanes of at least 4 members (excludes halogenated alkanes) is 36. The number of aliphatic hydroxyl groups is 2. The lowest BCUT2D eigenvalue weighted by Gasteiger charge is -2.20. The fourth-order valence-electron chi connectivity index (χ4n) is 7.42. The summed E-state index contributed by atoms with van der Waals surface area (Å²) in [4.78, 5) is 12.3. The van der Waals surface area contributed by atoms with E-state index in [0.717, 1.165) is 25.7 Å². The summed E-state index contributed by atoms with van der Waals surface area (Å²) in [6.07, 6.45) is 54.8. The third-order valence-electron chi connectivity index (χ3n) is 11.0. The van der Waals surface area contributed by atoms with Gasteiger partial charge in [-0.15, -0.1) is 0 Å². The van der Waals surface area contributed by atoms with E-state index < -0.39 is 12.1 Å². The first-order chi connectivity index (χ1) is 25.2. The Morgan fingerprint density at radius 1 is 0.451 bits per heavy atom. The van der Waals surface area contributed by atoms with Crippen molar-refractivity contribution in [2.75, 3.05) is 6.61 Å². The van der Waals surface area contributed by atoms with Gasteiger partial charge in [-0.25, -0.2) is 0 Å². The summed E-state index contributed by atoms with van der Waals surface area (Å²) in [6.45, 7) is 4.32. The van der Waals surface area contributed by atoms with Crippen molar-refractivity contribution in [3.05, 3.63) is 12.2 Å². The van der Waals surface area contributed by atoms with Crippen LogP contribution >= 0.6 is 0 Å². The van der Waals surface area contributed by atoms with Crippen molar-refractivity contribution in [2.45, 2.75) is 276 Å². The number of carbonyl (C=O) groups is 1. The second-order valence-corrected chi connectivity index (χ2v) is 16.2. The second kappa shape index (κ2) is 43.5. The summed E-state index contributed by atoms with van der Waals surface area (Å²) in [5.74, 6) is -0.0613. The molecule has 2 atom stereocenters. The van der Waals surface area contributed by atoms with Crippen LogP contribution in [0.15, 0.2) is 12.2 Å². The molecule has 0 rings (SSSR count). The van der Waals surface area contributed by atoms with Gasteiger partial charge in [0.05, 0.1) is 18.8 Å². The average Bonchev–Trinajstić information content (AvgIpc) is 3.13. The summed E-state index contributed by atoms with van der Waals surface area (Å²) in [5, 5.41) is 23.0. The molecule has 4 nitrogen and oxygen atoms in total. The Bertz CT molecular complexity index is 695. The van der Waals surface area contributed by atoms with Gasteiger partial charge in [-0.3, -0.25) is 4.79 Å². The first-order valence-electron chi connectivity index (χ1n) is 23.4. The zero-order valence-electron chi connectivity index (χ0n) is 34.9. The first kappa shape index (κ1) is 50.1. The third-order valence-corrected chi connectivity index (χ3v) is 11.0. The van der Waals surface area contributed by atoms with E-state index in [9.17, 15) is 15.0 Å². The summed E-state index contributed by atoms with van der Waals surface area (Å²) in [6, 6.07) is -0.616. The highest BCUT2D eigenvalue weighted by Crippen LogP contribution is 2.17. The van der Waals surface area contributed by atoms with Crippen LogP contribution < -0.4 is 5.32 Å². The fraction of sp³-hybridized carbons (Fsp3) is 0.936. The predicted molar refractivity (Wildman–Crippen MR) is 226 cm³/mol. The number of amides is 1. The molecular formula is C47H93NO3. The molecule has 0 aliphatic rings. The summed E-state index contributed by atoms with van der Waals surface area (Å²) in [7, 11) is 0. The van der Waals surface area contributed by atoms with Gasteiger partial charge in [0.15, 0.2) is 0 Å². The van der Waals surface area contributed by atoms with E-state index in [1.54, 1.807) is 6.08 Å². The van der Waals surface area contributed by atoms with Crippen molar-refractivity contribution < 1.29 is 15.0 Å². The van der Waals surface area contributed by atoms with Gasteiger partial charge in [0.2, 0.25) is 5.91 Å². The number of nitrogens with one attached hydrogen (secondary N) is 1. The number of rotatable bonds is 43. The summed E-state index contributed by atoms with van der Waals surface area (Å²) >= 11 is 0. The van der Waals surface area contributed by atoms with Crippen LogP contribution in [0.2, 0.25) is 0 Å². The number of hydrogen-bond acceptors (Lipinski definition) is 3. The van der Waals surface area contributed by atoms with Crippen molar-refractivity contribution in [1.82, 2.24) is 5.32 Å². The van der Waals surface area contributed by atoms with Gasteiger partial charge in [0, 0.05) is 6.42 Å². The molecule has 0 aromatic carbocycles. The Hall–Kier alpha value is -0.870. The van der Waals surface area contributed by atoms with Crippen LogP contribution in [0.1, 0.15) is 264 Å². The average molecular weight is 720 g/mol. The van der Waals surface area contributed by atoms with Crippen molar-refractivity contribution in [1.29, 1.82) is 0 Å². The fourth-order valence-corrected chi connectivity index (χ4v) is 7.42. The Kier molecular flexibility index (Phi) is 42.8. The molecule has 0 fully saturated rings. The van der Waals surface area contributed by atoms with Crippen LogP contribution in [-0.4, -0.2) is 34.9 Å². The van der Waals surface area contributed by atoms with Gasteiger partial charge in [0.1, 0.15) is 0 Å². The molecule has 0 saturated heterocycles. The molecular weight excluding hydrogens is 627 g/mol. The Balaban J connectivity index is 3.45. The standard InChI is InChI=1S/C47H93NO3/c1-3-5-7-9-11-13-15-17-18-19-20-21-22-23-24-25-26-27-28-29-30-31-32-34-36-38-40-42-46(50)45(44-49)48-47(51)43-41-39-37-35-33-16-14-12-10-8-6-4-2/h40,42,45-46,49-50H,3-39,41,43-44H2,1-2H3,(H,48,51)/b42-40+. The minimum Gasteiger partial charge on any atom is -0.394 e. The molecule has 0 aliphatic carbocycles. The van der Waals surface area contributed by atoms with Gasteiger partial charge in [-0.05, 0) is 19.3 Å². The van der Waals surface area contributed by atoms with Crippen molar-refractivity contribution >= 4 is 5.91 Å². The SMILES string of the molecule is CCCCCCCCCCCCCCCCCCCCCCCCCCC/C=C/C(O)C(CO)NC(=O)CCCCCCCCCCCCCC. The molecule has 304 valence electrons. The molecule has 4 heteroatoms. The van der Waals surface area contributed by atoms with Crippen LogP contribution in [0.5, 0.6) is 0 Å². The zero-order chi connectivity index (χ0) is 37.1. The lowest BCUT2D eigenvalue weighted by atomic mass is 10.0. The number of allylic oxidation sites excluding steroid dienone is 1. The molecule has 2 unspecified atom stereocenters. The van der Waals surface area contributed by atoms with Crippen LogP contribution in [0.4, 0.5) is 0 Å². The van der Waals surface area contributed by atoms with E-state index in [1.165, 1.54) is 218 Å². The minimum absolute atomic E-state index is 0.0613. The van der Waals surface area contributed by atoms with Gasteiger partial charge in [-0.2, -0.15) is 0 Å². The molecule has 0 aromatic heterocycles. The van der Waals surface area contributed by atoms with E-state index in [-0.39, 0.29) is 12.5 Å². The van der Waals surface area contributed by atoms with Crippen molar-refractivity contribution in [3.8, 4) is 0 Å². The first-order valence-corrected chi connectivity index (χ1v) is 23.4. The smallest absolute Gasteiger partial charge is 0.220 e. The van der Waals surface area contributed by atoms with E-state index in [0.29, 0.717) is 6.42 Å². The largest absolute Gasteiger partial charge is 0.394 e. The normalized spacial score (nSPS) is 12.9. The lowest BCUT2D eigenvalue weighted by molar-refractivity contribution is -0.123. The highest BCUT2D eigenvalue weighted by molar-refractivity contribution is 5.76. The van der Waals surface area contributed by atoms with Crippen molar-refractivity contribution in [3.63, 3.8) is 0 Å². The molecule has 0 heterocycles. The van der Waals surface area contributed by atoms with Gasteiger partial charge in [0.25, 0.3) is 0 Å². The molecule has 0 radical (unpaired) electrons. The van der Waals surface area contributed by atoms with E-state index in [2.05, 4.69) is 19.2 Å². The summed E-state index contributed by atoms with van der Waals surface area (Å²) in [5.41, 5.74) is 0. The quantitative estimate of drug-likeness (QED) is 0.0434. The van der Waals surface area contributed by atoms with Crippen molar-refractivity contribution in [2.24, 2.45) is 0 Å². The van der Waals surface area contributed by atoms with Crippen LogP contribution in [0.3, 0.4) is 0 Å². The topological polar surface area (TPSA) is 69.6 Å². The molecule has 1 amide bonds. The molecule has 0 aliphatic heterocycles. The van der Waals surface area contributed by atoms with Gasteiger partial charge >= 0.3 is 0 Å². The summed E-state index contributed by atoms with van der Waals surface area (Å²) < 4.78 is 0.